The van der Waals surface area contributed by atoms with E-state index in [4.69, 9.17) is 4.74 Å². The number of hydrogen-bond acceptors (Lipinski definition) is 1. The van der Waals surface area contributed by atoms with Crippen LogP contribution < -0.4 is 0 Å². The topological polar surface area (TPSA) is 9.23 Å². The fourth-order valence-electron chi connectivity index (χ4n) is 4.33. The molecule has 0 radical (unpaired) electrons. The fraction of sp³-hybridized carbons (Fsp3) is 0.455. The molecule has 0 amide bonds. The minimum Gasteiger partial charge on any atom is -0.376 e. The smallest absolute Gasteiger partial charge is 0.376 e. The first-order chi connectivity index (χ1) is 13.4. The first kappa shape index (κ1) is 21.7. The quantitative estimate of drug-likeness (QED) is 0.373. The van der Waals surface area contributed by atoms with Gasteiger partial charge in [-0.05, 0) is 48.4 Å². The third-order valence-corrected chi connectivity index (χ3v) is 5.63. The Bertz CT molecular complexity index is 790. The molecule has 0 bridgehead atoms. The van der Waals surface area contributed by atoms with E-state index in [1.54, 1.807) is 0 Å². The molecule has 1 aromatic carbocycles. The average molecular weight is 416 g/mol. The molecule has 0 saturated heterocycles. The summed E-state index contributed by atoms with van der Waals surface area (Å²) in [5.41, 5.74) is -1.96. The van der Waals surface area contributed by atoms with E-state index in [0.29, 0.717) is 12.1 Å². The van der Waals surface area contributed by atoms with E-state index in [1.165, 1.54) is 0 Å². The van der Waals surface area contributed by atoms with E-state index in [2.05, 4.69) is 25.7 Å². The van der Waals surface area contributed by atoms with Crippen LogP contribution in [0.1, 0.15) is 36.5 Å². The van der Waals surface area contributed by atoms with Gasteiger partial charge in [0.25, 0.3) is 0 Å². The zero-order valence-electron chi connectivity index (χ0n) is 15.9. The summed E-state index contributed by atoms with van der Waals surface area (Å²) in [4.78, 5) is 0. The van der Waals surface area contributed by atoms with Gasteiger partial charge in [-0.3, -0.25) is 0 Å². The Kier molecular flexibility index (Phi) is 5.73. The molecule has 0 heterocycles. The van der Waals surface area contributed by atoms with Crippen molar-refractivity contribution in [1.29, 1.82) is 0 Å². The summed E-state index contributed by atoms with van der Waals surface area (Å²) in [7, 11) is 0. The van der Waals surface area contributed by atoms with Gasteiger partial charge < -0.3 is 4.74 Å². The van der Waals surface area contributed by atoms with Crippen molar-refractivity contribution in [3.05, 3.63) is 71.3 Å². The van der Waals surface area contributed by atoms with E-state index < -0.39 is 23.5 Å². The van der Waals surface area contributed by atoms with Gasteiger partial charge in [0.05, 0.1) is 24.3 Å². The summed E-state index contributed by atoms with van der Waals surface area (Å²) < 4.78 is 83.7. The van der Waals surface area contributed by atoms with Crippen LogP contribution >= 0.6 is 0 Å². The average Bonchev–Trinajstić information content (AvgIpc) is 2.58. The second-order valence-corrected chi connectivity index (χ2v) is 8.03. The van der Waals surface area contributed by atoms with Crippen LogP contribution in [0, 0.1) is 17.3 Å². The normalized spacial score (nSPS) is 23.9. The lowest BCUT2D eigenvalue weighted by atomic mass is 9.56. The molecule has 2 unspecified atom stereocenters. The van der Waals surface area contributed by atoms with Crippen molar-refractivity contribution < 1.29 is 31.1 Å². The maximum atomic E-state index is 13.0. The standard InChI is InChI=1S/C22H22F6O/c1-14-10-20(11-14,19-6-4-3-5-15(19)2)13-29-12-16-7-17(21(23,24)25)9-18(8-16)22(26,27)28/h3-9,15,19H,1,10-13H2,2H3. The number of allylic oxidation sites excluding steroid dienone is 5. The second-order valence-electron chi connectivity index (χ2n) is 8.03. The minimum absolute atomic E-state index is 0.127. The van der Waals surface area contributed by atoms with Gasteiger partial charge in [0.1, 0.15) is 0 Å². The zero-order valence-corrected chi connectivity index (χ0v) is 15.9. The maximum Gasteiger partial charge on any atom is 0.416 e. The maximum absolute atomic E-state index is 13.0. The highest BCUT2D eigenvalue weighted by atomic mass is 19.4. The van der Waals surface area contributed by atoms with Gasteiger partial charge >= 0.3 is 12.4 Å². The number of benzene rings is 1. The van der Waals surface area contributed by atoms with E-state index in [0.717, 1.165) is 18.4 Å². The third kappa shape index (κ3) is 4.77. The molecule has 0 aromatic heterocycles. The lowest BCUT2D eigenvalue weighted by Crippen LogP contribution is -2.44. The highest BCUT2D eigenvalue weighted by Crippen LogP contribution is 2.54. The number of alkyl halides is 6. The molecule has 2 aliphatic rings. The molecule has 7 heteroatoms. The first-order valence-corrected chi connectivity index (χ1v) is 9.28. The Hall–Kier alpha value is -2.02. The Morgan fingerprint density at radius 2 is 1.52 bits per heavy atom. The van der Waals surface area contributed by atoms with E-state index in [9.17, 15) is 26.3 Å². The molecule has 1 nitrogen and oxygen atoms in total. The van der Waals surface area contributed by atoms with Crippen LogP contribution in [0.2, 0.25) is 0 Å². The number of hydrogen-bond donors (Lipinski definition) is 0. The van der Waals surface area contributed by atoms with Gasteiger partial charge in [0, 0.05) is 5.41 Å². The molecular weight excluding hydrogens is 394 g/mol. The second kappa shape index (κ2) is 7.67. The number of halogens is 6. The van der Waals surface area contributed by atoms with Crippen molar-refractivity contribution in [2.24, 2.45) is 17.3 Å². The van der Waals surface area contributed by atoms with Crippen LogP contribution in [0.5, 0.6) is 0 Å². The van der Waals surface area contributed by atoms with Gasteiger partial charge in [0.15, 0.2) is 0 Å². The molecule has 2 aliphatic carbocycles. The van der Waals surface area contributed by atoms with Crippen LogP contribution in [-0.2, 0) is 23.7 Å². The molecule has 3 rings (SSSR count). The highest BCUT2D eigenvalue weighted by Gasteiger charge is 2.47. The Morgan fingerprint density at radius 1 is 0.966 bits per heavy atom. The lowest BCUT2D eigenvalue weighted by Gasteiger charge is -2.50. The third-order valence-electron chi connectivity index (χ3n) is 5.63. The summed E-state index contributed by atoms with van der Waals surface area (Å²) in [6.45, 7) is 5.98. The van der Waals surface area contributed by atoms with Gasteiger partial charge in [-0.25, -0.2) is 0 Å². The largest absolute Gasteiger partial charge is 0.416 e. The lowest BCUT2D eigenvalue weighted by molar-refractivity contribution is -0.143. The van der Waals surface area contributed by atoms with Crippen LogP contribution in [0.3, 0.4) is 0 Å². The molecule has 2 atom stereocenters. The number of rotatable bonds is 5. The summed E-state index contributed by atoms with van der Waals surface area (Å²) >= 11 is 0. The molecule has 0 spiro atoms. The number of ether oxygens (including phenoxy) is 1. The molecule has 0 aliphatic heterocycles. The summed E-state index contributed by atoms with van der Waals surface area (Å²) in [6.07, 6.45) is -0.175. The van der Waals surface area contributed by atoms with Crippen molar-refractivity contribution in [1.82, 2.24) is 0 Å². The van der Waals surface area contributed by atoms with Gasteiger partial charge in [-0.1, -0.05) is 43.4 Å². The molecule has 29 heavy (non-hydrogen) atoms. The molecule has 1 aromatic rings. The molecule has 1 saturated carbocycles. The molecular formula is C22H22F6O. The van der Waals surface area contributed by atoms with Gasteiger partial charge in [0.2, 0.25) is 0 Å². The zero-order chi connectivity index (χ0) is 21.4. The van der Waals surface area contributed by atoms with Crippen LogP contribution in [-0.4, -0.2) is 6.61 Å². The van der Waals surface area contributed by atoms with E-state index in [1.807, 2.05) is 12.2 Å². The van der Waals surface area contributed by atoms with Crippen molar-refractivity contribution in [2.75, 3.05) is 6.61 Å². The minimum atomic E-state index is -4.86. The van der Waals surface area contributed by atoms with Crippen LogP contribution in [0.25, 0.3) is 0 Å². The van der Waals surface area contributed by atoms with Crippen LogP contribution in [0.15, 0.2) is 54.7 Å². The highest BCUT2D eigenvalue weighted by molar-refractivity contribution is 5.33. The van der Waals surface area contributed by atoms with Gasteiger partial charge in [-0.2, -0.15) is 26.3 Å². The fourth-order valence-corrected chi connectivity index (χ4v) is 4.33. The molecule has 0 N–H and O–H groups in total. The molecule has 158 valence electrons. The van der Waals surface area contributed by atoms with Gasteiger partial charge in [-0.15, -0.1) is 0 Å². The molecule has 1 fully saturated rings. The van der Waals surface area contributed by atoms with E-state index in [-0.39, 0.29) is 42.1 Å². The Labute approximate surface area is 165 Å². The van der Waals surface area contributed by atoms with Crippen LogP contribution in [0.4, 0.5) is 26.3 Å². The summed E-state index contributed by atoms with van der Waals surface area (Å²) in [5.74, 6) is 0.451. The van der Waals surface area contributed by atoms with Crippen molar-refractivity contribution in [3.63, 3.8) is 0 Å². The SMILES string of the molecule is C=C1CC(COCc2cc(C(F)(F)F)cc(C(F)(F)F)c2)(C2C=CC=CC2C)C1. The van der Waals surface area contributed by atoms with Crippen molar-refractivity contribution in [3.8, 4) is 0 Å². The summed E-state index contributed by atoms with van der Waals surface area (Å²) in [5, 5.41) is 0. The monoisotopic (exact) mass is 416 g/mol. The van der Waals surface area contributed by atoms with Crippen molar-refractivity contribution in [2.45, 2.75) is 38.7 Å². The summed E-state index contributed by atoms with van der Waals surface area (Å²) in [6, 6.07) is 1.56. The predicted octanol–water partition coefficient (Wildman–Crippen LogP) is 6.96. The van der Waals surface area contributed by atoms with Crippen molar-refractivity contribution >= 4 is 0 Å². The Morgan fingerprint density at radius 3 is 2.00 bits per heavy atom. The Balaban J connectivity index is 1.76. The van der Waals surface area contributed by atoms with E-state index >= 15 is 0 Å². The first-order valence-electron chi connectivity index (χ1n) is 9.28. The predicted molar refractivity (Wildman–Crippen MR) is 97.8 cm³/mol.